The summed E-state index contributed by atoms with van der Waals surface area (Å²) in [6, 6.07) is 23.9. The molecule has 0 spiro atoms. The number of nitrogens with one attached hydrogen (secondary N) is 5. The predicted molar refractivity (Wildman–Crippen MR) is 242 cm³/mol. The fourth-order valence-electron chi connectivity index (χ4n) is 7.05. The molecular weight excluding hydrogens is 781 g/mol. The van der Waals surface area contributed by atoms with Crippen molar-refractivity contribution in [3.8, 4) is 23.0 Å². The van der Waals surface area contributed by atoms with E-state index in [2.05, 4.69) is 75.4 Å². The lowest BCUT2D eigenvalue weighted by Crippen LogP contribution is -2.50. The first kappa shape index (κ1) is 43.7. The number of hydrogen-bond donors (Lipinski definition) is 5. The van der Waals surface area contributed by atoms with Crippen LogP contribution >= 0.6 is 0 Å². The van der Waals surface area contributed by atoms with Gasteiger partial charge < -0.3 is 40.2 Å². The van der Waals surface area contributed by atoms with Gasteiger partial charge in [-0.05, 0) is 67.3 Å². The average Bonchev–Trinajstić information content (AvgIpc) is 3.21. The lowest BCUT2D eigenvalue weighted by Gasteiger charge is -2.36. The largest absolute Gasteiger partial charge is 0.496 e. The van der Waals surface area contributed by atoms with Gasteiger partial charge in [0, 0.05) is 86.4 Å². The number of fused-ring (bicyclic) bond motifs is 1. The molecule has 6 rings (SSSR count). The molecule has 5 aromatic rings. The van der Waals surface area contributed by atoms with Gasteiger partial charge in [-0.15, -0.1) is 0 Å². The van der Waals surface area contributed by atoms with Crippen molar-refractivity contribution >= 4 is 62.3 Å². The molecule has 4 aromatic carbocycles. The van der Waals surface area contributed by atoms with E-state index in [0.717, 1.165) is 49.1 Å². The summed E-state index contributed by atoms with van der Waals surface area (Å²) in [6.45, 7) is 16.0. The normalized spacial score (nSPS) is 14.0. The van der Waals surface area contributed by atoms with Crippen LogP contribution < -0.4 is 40.2 Å². The maximum Gasteiger partial charge on any atom is 0.323 e. The number of ether oxygens (including phenoxy) is 3. The zero-order valence-electron chi connectivity index (χ0n) is 35.6. The number of hydrogen-bond acceptors (Lipinski definition) is 10. The molecule has 0 radical (unpaired) electrons. The highest BCUT2D eigenvalue weighted by atomic mass is 32.2. The van der Waals surface area contributed by atoms with Crippen molar-refractivity contribution in [3.05, 3.63) is 96.2 Å². The van der Waals surface area contributed by atoms with Crippen molar-refractivity contribution in [2.24, 2.45) is 0 Å². The highest BCUT2D eigenvalue weighted by Crippen LogP contribution is 2.40. The standard InChI is InChI=1S/C45H56N8O6S/c1-29(2)53-23-21-52(22-24-53)20-19-47-43(54)35-14-13-31(27-40(35)57-6)48-41-28-32(17-18-46-41)59-39-16-15-36(33-11-9-10-12-34(33)39)49-44(55)50-37-25-30(45(3,4)5)26-38(42(37)58-7)51-60(8)56/h9-18,25-29,51H,19-24H2,1-8H3,(H,46,48)(H,47,54)(H2,49,50,55). The van der Waals surface area contributed by atoms with Crippen LogP contribution in [-0.2, 0) is 16.4 Å². The van der Waals surface area contributed by atoms with Gasteiger partial charge in [-0.3, -0.25) is 14.6 Å². The molecule has 2 heterocycles. The van der Waals surface area contributed by atoms with Gasteiger partial charge in [-0.1, -0.05) is 45.0 Å². The summed E-state index contributed by atoms with van der Waals surface area (Å²) in [6.07, 6.45) is 3.18. The number of amides is 3. The van der Waals surface area contributed by atoms with Crippen LogP contribution in [0.1, 0.15) is 50.5 Å². The molecule has 1 aliphatic heterocycles. The minimum atomic E-state index is -1.36. The average molecular weight is 837 g/mol. The summed E-state index contributed by atoms with van der Waals surface area (Å²) in [4.78, 5) is 36.0. The molecule has 1 atom stereocenters. The van der Waals surface area contributed by atoms with E-state index in [1.807, 2.05) is 42.5 Å². The topological polar surface area (TPSA) is 158 Å². The fraction of sp³-hybridized carbons (Fsp3) is 0.356. The second-order valence-corrected chi connectivity index (χ2v) is 17.0. The fourth-order valence-corrected chi connectivity index (χ4v) is 7.51. The number of carbonyl (C=O) groups excluding carboxylic acids is 2. The first-order valence-electron chi connectivity index (χ1n) is 20.0. The number of rotatable bonds is 15. The molecule has 1 fully saturated rings. The molecule has 1 unspecified atom stereocenters. The summed E-state index contributed by atoms with van der Waals surface area (Å²) < 4.78 is 32.7. The Balaban J connectivity index is 1.11. The molecule has 0 bridgehead atoms. The Bertz CT molecular complexity index is 2340. The van der Waals surface area contributed by atoms with Crippen molar-refractivity contribution in [2.45, 2.75) is 46.1 Å². The van der Waals surface area contributed by atoms with Gasteiger partial charge in [0.2, 0.25) is 0 Å². The maximum atomic E-state index is 13.5. The third kappa shape index (κ3) is 11.0. The predicted octanol–water partition coefficient (Wildman–Crippen LogP) is 8.19. The molecule has 1 aromatic heterocycles. The molecule has 3 amide bonds. The molecule has 1 aliphatic rings. The molecule has 5 N–H and O–H groups in total. The van der Waals surface area contributed by atoms with Gasteiger partial charge in [-0.25, -0.2) is 14.0 Å². The Hall–Kier alpha value is -5.90. The van der Waals surface area contributed by atoms with Gasteiger partial charge in [-0.2, -0.15) is 0 Å². The van der Waals surface area contributed by atoms with E-state index in [9.17, 15) is 13.8 Å². The van der Waals surface area contributed by atoms with Crippen molar-refractivity contribution in [1.29, 1.82) is 0 Å². The molecule has 0 aliphatic carbocycles. The summed E-state index contributed by atoms with van der Waals surface area (Å²) >= 11 is 0. The highest BCUT2D eigenvalue weighted by molar-refractivity contribution is 7.85. The first-order chi connectivity index (χ1) is 28.7. The van der Waals surface area contributed by atoms with E-state index in [1.165, 1.54) is 13.4 Å². The van der Waals surface area contributed by atoms with Crippen LogP contribution in [0, 0.1) is 0 Å². The van der Waals surface area contributed by atoms with Crippen LogP contribution in [0.5, 0.6) is 23.0 Å². The molecule has 318 valence electrons. The van der Waals surface area contributed by atoms with E-state index in [0.29, 0.717) is 69.7 Å². The van der Waals surface area contributed by atoms with Crippen LogP contribution in [-0.4, -0.2) is 96.7 Å². The van der Waals surface area contributed by atoms with Crippen LogP contribution in [0.2, 0.25) is 0 Å². The van der Waals surface area contributed by atoms with Crippen LogP contribution in [0.3, 0.4) is 0 Å². The minimum Gasteiger partial charge on any atom is -0.496 e. The van der Waals surface area contributed by atoms with Crippen LogP contribution in [0.4, 0.5) is 33.4 Å². The number of aromatic nitrogens is 1. The summed E-state index contributed by atoms with van der Waals surface area (Å²) in [7, 11) is 1.68. The number of benzene rings is 4. The van der Waals surface area contributed by atoms with Crippen LogP contribution in [0.25, 0.3) is 10.8 Å². The Morgan fingerprint density at radius 2 is 1.55 bits per heavy atom. The van der Waals surface area contributed by atoms with Crippen LogP contribution in [0.15, 0.2) is 85.1 Å². The molecule has 0 saturated carbocycles. The van der Waals surface area contributed by atoms with E-state index in [-0.39, 0.29) is 11.3 Å². The van der Waals surface area contributed by atoms with E-state index in [1.54, 1.807) is 49.7 Å². The quantitative estimate of drug-likeness (QED) is 0.0697. The highest BCUT2D eigenvalue weighted by Gasteiger charge is 2.23. The number of pyridine rings is 1. The molecule has 14 nitrogen and oxygen atoms in total. The molecule has 60 heavy (non-hydrogen) atoms. The number of methoxy groups -OCH3 is 2. The monoisotopic (exact) mass is 836 g/mol. The molecular formula is C45H56N8O6S. The third-order valence-electron chi connectivity index (χ3n) is 10.3. The van der Waals surface area contributed by atoms with Gasteiger partial charge in [0.05, 0.1) is 36.8 Å². The van der Waals surface area contributed by atoms with Crippen molar-refractivity contribution in [3.63, 3.8) is 0 Å². The molecule has 1 saturated heterocycles. The Kier molecular flexibility index (Phi) is 14.2. The maximum absolute atomic E-state index is 13.5. The summed E-state index contributed by atoms with van der Waals surface area (Å²) in [5.41, 5.74) is 3.30. The van der Waals surface area contributed by atoms with E-state index in [4.69, 9.17) is 14.2 Å². The first-order valence-corrected chi connectivity index (χ1v) is 21.5. The van der Waals surface area contributed by atoms with E-state index < -0.39 is 17.0 Å². The van der Waals surface area contributed by atoms with Crippen molar-refractivity contribution < 1.29 is 28.0 Å². The summed E-state index contributed by atoms with van der Waals surface area (Å²) in [5.74, 6) is 2.26. The Labute approximate surface area is 355 Å². The second-order valence-electron chi connectivity index (χ2n) is 15.9. The zero-order chi connectivity index (χ0) is 43.0. The Morgan fingerprint density at radius 3 is 2.23 bits per heavy atom. The number of anilines is 5. The third-order valence-corrected chi connectivity index (χ3v) is 10.8. The number of carbonyl (C=O) groups is 2. The lowest BCUT2D eigenvalue weighted by molar-refractivity contribution is 0.0918. The van der Waals surface area contributed by atoms with Crippen molar-refractivity contribution in [1.82, 2.24) is 20.1 Å². The second kappa shape index (κ2) is 19.4. The van der Waals surface area contributed by atoms with Gasteiger partial charge in [0.25, 0.3) is 5.91 Å². The van der Waals surface area contributed by atoms with Gasteiger partial charge >= 0.3 is 6.03 Å². The van der Waals surface area contributed by atoms with Gasteiger partial charge in [0.15, 0.2) is 5.75 Å². The number of piperazine rings is 1. The van der Waals surface area contributed by atoms with E-state index >= 15 is 0 Å². The number of urea groups is 1. The molecule has 15 heteroatoms. The lowest BCUT2D eigenvalue weighted by atomic mass is 9.86. The SMILES string of the molecule is COc1cc(Nc2cc(Oc3ccc(NC(=O)Nc4cc(C(C)(C)C)cc(NS(C)=O)c4OC)c4ccccc34)ccn2)ccc1C(=O)NCCN1CCN(C(C)C)CC1. The minimum absolute atomic E-state index is 0.189. The zero-order valence-corrected chi connectivity index (χ0v) is 36.4. The van der Waals surface area contributed by atoms with Crippen molar-refractivity contribution in [2.75, 3.05) is 80.4 Å². The number of nitrogens with zero attached hydrogens (tertiary/aromatic N) is 3. The smallest absolute Gasteiger partial charge is 0.323 e. The summed E-state index contributed by atoms with van der Waals surface area (Å²) in [5, 5.41) is 13.8. The van der Waals surface area contributed by atoms with Gasteiger partial charge in [0.1, 0.15) is 34.1 Å². The Morgan fingerprint density at radius 1 is 0.833 bits per heavy atom.